The average molecular weight is 228 g/mol. The fraction of sp³-hybridized carbons (Fsp3) is 1.00. The summed E-state index contributed by atoms with van der Waals surface area (Å²) in [6.45, 7) is 4.08. The zero-order valence-corrected chi connectivity index (χ0v) is 7.55. The molecule has 0 aliphatic carbocycles. The Hall–Kier alpha value is 0.690. The van der Waals surface area contributed by atoms with Crippen LogP contribution in [0.15, 0.2) is 0 Å². The van der Waals surface area contributed by atoms with Gasteiger partial charge >= 0.3 is 0 Å². The van der Waals surface area contributed by atoms with Crippen molar-refractivity contribution in [1.82, 2.24) is 0 Å². The summed E-state index contributed by atoms with van der Waals surface area (Å²) in [5.74, 6) is 0.421. The van der Waals surface area contributed by atoms with Crippen molar-refractivity contribution in [2.75, 3.05) is 4.43 Å². The van der Waals surface area contributed by atoms with Crippen LogP contribution in [0.1, 0.15) is 20.3 Å². The zero-order valence-electron chi connectivity index (χ0n) is 5.39. The van der Waals surface area contributed by atoms with Crippen LogP contribution in [0.5, 0.6) is 0 Å². The van der Waals surface area contributed by atoms with Crippen LogP contribution in [0.2, 0.25) is 0 Å². The minimum Gasteiger partial charge on any atom is -0.393 e. The number of aliphatic hydroxyl groups excluding tert-OH is 1. The minimum absolute atomic E-state index is 0.0908. The molecule has 0 bridgehead atoms. The monoisotopic (exact) mass is 228 g/mol. The molecule has 1 N–H and O–H groups in total. The van der Waals surface area contributed by atoms with Gasteiger partial charge in [-0.15, -0.1) is 0 Å². The van der Waals surface area contributed by atoms with Crippen molar-refractivity contribution >= 4 is 22.6 Å². The molecule has 2 heteroatoms. The second-order valence-electron chi connectivity index (χ2n) is 2.29. The van der Waals surface area contributed by atoms with Gasteiger partial charge in [-0.1, -0.05) is 36.4 Å². The molecule has 0 heterocycles. The SMILES string of the molecule is CC(C)[C@H](O)CCI. The number of rotatable bonds is 3. The molecule has 0 aromatic carbocycles. The first kappa shape index (κ1) is 8.69. The highest BCUT2D eigenvalue weighted by atomic mass is 127. The van der Waals surface area contributed by atoms with Crippen molar-refractivity contribution in [3.05, 3.63) is 0 Å². The van der Waals surface area contributed by atoms with E-state index in [1.165, 1.54) is 0 Å². The number of hydrogen-bond donors (Lipinski definition) is 1. The second kappa shape index (κ2) is 4.56. The van der Waals surface area contributed by atoms with E-state index in [0.717, 1.165) is 10.8 Å². The van der Waals surface area contributed by atoms with Gasteiger partial charge in [0.1, 0.15) is 0 Å². The van der Waals surface area contributed by atoms with Gasteiger partial charge in [-0.25, -0.2) is 0 Å². The molecule has 0 unspecified atom stereocenters. The molecule has 8 heavy (non-hydrogen) atoms. The number of hydrogen-bond acceptors (Lipinski definition) is 1. The van der Waals surface area contributed by atoms with E-state index in [0.29, 0.717) is 5.92 Å². The van der Waals surface area contributed by atoms with Crippen LogP contribution in [-0.4, -0.2) is 15.6 Å². The third-order valence-electron chi connectivity index (χ3n) is 1.17. The van der Waals surface area contributed by atoms with E-state index in [1.807, 2.05) is 13.8 Å². The van der Waals surface area contributed by atoms with Gasteiger partial charge in [0.05, 0.1) is 6.10 Å². The van der Waals surface area contributed by atoms with Crippen LogP contribution in [0.3, 0.4) is 0 Å². The van der Waals surface area contributed by atoms with Gasteiger partial charge in [0.25, 0.3) is 0 Å². The van der Waals surface area contributed by atoms with Gasteiger partial charge in [-0.2, -0.15) is 0 Å². The molecule has 0 radical (unpaired) electrons. The first-order valence-electron chi connectivity index (χ1n) is 2.92. The van der Waals surface area contributed by atoms with Crippen molar-refractivity contribution in [2.45, 2.75) is 26.4 Å². The van der Waals surface area contributed by atoms with Crippen molar-refractivity contribution in [1.29, 1.82) is 0 Å². The first-order valence-corrected chi connectivity index (χ1v) is 4.45. The standard InChI is InChI=1S/C6H13IO/c1-5(2)6(8)3-4-7/h5-6,8H,3-4H2,1-2H3/t6-/m1/s1. The number of halogens is 1. The fourth-order valence-corrected chi connectivity index (χ4v) is 1.08. The van der Waals surface area contributed by atoms with Crippen molar-refractivity contribution in [2.24, 2.45) is 5.92 Å². The third kappa shape index (κ3) is 3.66. The number of aliphatic hydroxyl groups is 1. The molecule has 0 aliphatic rings. The van der Waals surface area contributed by atoms with E-state index in [9.17, 15) is 0 Å². The fourth-order valence-electron chi connectivity index (χ4n) is 0.445. The maximum atomic E-state index is 9.12. The number of alkyl halides is 1. The molecule has 0 fully saturated rings. The molecular formula is C6H13IO. The molecule has 0 spiro atoms. The Morgan fingerprint density at radius 2 is 2.00 bits per heavy atom. The maximum Gasteiger partial charge on any atom is 0.0570 e. The van der Waals surface area contributed by atoms with Crippen LogP contribution in [0.25, 0.3) is 0 Å². The maximum absolute atomic E-state index is 9.12. The van der Waals surface area contributed by atoms with E-state index in [2.05, 4.69) is 22.6 Å². The van der Waals surface area contributed by atoms with Crippen LogP contribution < -0.4 is 0 Å². The van der Waals surface area contributed by atoms with Gasteiger partial charge in [0, 0.05) is 4.43 Å². The van der Waals surface area contributed by atoms with Gasteiger partial charge in [-0.3, -0.25) is 0 Å². The summed E-state index contributed by atoms with van der Waals surface area (Å²) in [6, 6.07) is 0. The van der Waals surface area contributed by atoms with Crippen LogP contribution in [0, 0.1) is 5.92 Å². The van der Waals surface area contributed by atoms with Crippen LogP contribution in [0.4, 0.5) is 0 Å². The predicted molar refractivity (Wildman–Crippen MR) is 44.3 cm³/mol. The third-order valence-corrected chi connectivity index (χ3v) is 1.80. The summed E-state index contributed by atoms with van der Waals surface area (Å²) in [5, 5.41) is 9.12. The molecule has 0 rings (SSSR count). The highest BCUT2D eigenvalue weighted by molar-refractivity contribution is 14.1. The van der Waals surface area contributed by atoms with Crippen molar-refractivity contribution in [3.8, 4) is 0 Å². The minimum atomic E-state index is -0.0908. The van der Waals surface area contributed by atoms with Gasteiger partial charge < -0.3 is 5.11 Å². The predicted octanol–water partition coefficient (Wildman–Crippen LogP) is 1.83. The Morgan fingerprint density at radius 1 is 1.50 bits per heavy atom. The molecule has 0 aromatic rings. The smallest absolute Gasteiger partial charge is 0.0570 e. The van der Waals surface area contributed by atoms with Crippen LogP contribution in [-0.2, 0) is 0 Å². The summed E-state index contributed by atoms with van der Waals surface area (Å²) in [5.41, 5.74) is 0. The Balaban J connectivity index is 3.17. The second-order valence-corrected chi connectivity index (χ2v) is 3.37. The van der Waals surface area contributed by atoms with Gasteiger partial charge in [0.2, 0.25) is 0 Å². The van der Waals surface area contributed by atoms with Gasteiger partial charge in [-0.05, 0) is 12.3 Å². The van der Waals surface area contributed by atoms with Gasteiger partial charge in [0.15, 0.2) is 0 Å². The Kier molecular flexibility index (Phi) is 4.95. The molecule has 0 aliphatic heterocycles. The van der Waals surface area contributed by atoms with E-state index in [4.69, 9.17) is 5.11 Å². The lowest BCUT2D eigenvalue weighted by Crippen LogP contribution is -2.14. The molecule has 0 saturated heterocycles. The zero-order chi connectivity index (χ0) is 6.57. The molecule has 0 aromatic heterocycles. The lowest BCUT2D eigenvalue weighted by molar-refractivity contribution is 0.123. The van der Waals surface area contributed by atoms with E-state index >= 15 is 0 Å². The summed E-state index contributed by atoms with van der Waals surface area (Å²) >= 11 is 2.28. The summed E-state index contributed by atoms with van der Waals surface area (Å²) < 4.78 is 1.05. The largest absolute Gasteiger partial charge is 0.393 e. The summed E-state index contributed by atoms with van der Waals surface area (Å²) in [4.78, 5) is 0. The van der Waals surface area contributed by atoms with E-state index in [-0.39, 0.29) is 6.10 Å². The molecule has 1 atom stereocenters. The van der Waals surface area contributed by atoms with E-state index < -0.39 is 0 Å². The Morgan fingerprint density at radius 3 is 2.12 bits per heavy atom. The summed E-state index contributed by atoms with van der Waals surface area (Å²) in [6.07, 6.45) is 0.838. The van der Waals surface area contributed by atoms with Crippen molar-refractivity contribution in [3.63, 3.8) is 0 Å². The first-order chi connectivity index (χ1) is 3.68. The molecule has 1 nitrogen and oxygen atoms in total. The topological polar surface area (TPSA) is 20.2 Å². The normalized spacial score (nSPS) is 14.6. The molecular weight excluding hydrogens is 215 g/mol. The quantitative estimate of drug-likeness (QED) is 0.577. The highest BCUT2D eigenvalue weighted by Gasteiger charge is 2.05. The van der Waals surface area contributed by atoms with Crippen molar-refractivity contribution < 1.29 is 5.11 Å². The van der Waals surface area contributed by atoms with Crippen LogP contribution >= 0.6 is 22.6 Å². The van der Waals surface area contributed by atoms with E-state index in [1.54, 1.807) is 0 Å². The lowest BCUT2D eigenvalue weighted by atomic mass is 10.1. The average Bonchev–Trinajstić information content (AvgIpc) is 1.67. The molecule has 0 amide bonds. The Labute approximate surface area is 64.6 Å². The lowest BCUT2D eigenvalue weighted by Gasteiger charge is -2.11. The summed E-state index contributed by atoms with van der Waals surface area (Å²) in [7, 11) is 0. The Bertz CT molecular complexity index is 54.5. The highest BCUT2D eigenvalue weighted by Crippen LogP contribution is 2.06. The molecule has 50 valence electrons. The molecule has 0 saturated carbocycles.